The Bertz CT molecular complexity index is 685. The fourth-order valence-electron chi connectivity index (χ4n) is 2.70. The lowest BCUT2D eigenvalue weighted by Crippen LogP contribution is -2.35. The van der Waals surface area contributed by atoms with Crippen LogP contribution in [0.2, 0.25) is 0 Å². The van der Waals surface area contributed by atoms with E-state index >= 15 is 0 Å². The summed E-state index contributed by atoms with van der Waals surface area (Å²) in [7, 11) is 2.10. The van der Waals surface area contributed by atoms with Gasteiger partial charge in [-0.05, 0) is 32.0 Å². The SMILES string of the molecule is CN1CCC(Oc2ccc(NC(=O)C(O)c3cccnc3)cn2)CC1. The number of aliphatic hydroxyl groups excluding tert-OH is 1. The van der Waals surface area contributed by atoms with Gasteiger partial charge in [-0.25, -0.2) is 4.98 Å². The zero-order valence-electron chi connectivity index (χ0n) is 14.1. The van der Waals surface area contributed by atoms with Gasteiger partial charge in [0.25, 0.3) is 5.91 Å². The van der Waals surface area contributed by atoms with Gasteiger partial charge >= 0.3 is 0 Å². The van der Waals surface area contributed by atoms with E-state index in [4.69, 9.17) is 4.74 Å². The Morgan fingerprint density at radius 1 is 1.32 bits per heavy atom. The molecular formula is C18H22N4O3. The molecule has 0 aromatic carbocycles. The number of carbonyl (C=O) groups is 1. The number of carbonyl (C=O) groups excluding carboxylic acids is 1. The number of hydrogen-bond donors (Lipinski definition) is 2. The van der Waals surface area contributed by atoms with Gasteiger partial charge in [-0.2, -0.15) is 0 Å². The van der Waals surface area contributed by atoms with Crippen molar-refractivity contribution in [2.45, 2.75) is 25.0 Å². The summed E-state index contributed by atoms with van der Waals surface area (Å²) in [6.45, 7) is 2.04. The summed E-state index contributed by atoms with van der Waals surface area (Å²) in [6, 6.07) is 6.76. The van der Waals surface area contributed by atoms with Gasteiger partial charge in [-0.1, -0.05) is 6.07 Å². The lowest BCUT2D eigenvalue weighted by atomic mass is 10.1. The third-order valence-electron chi connectivity index (χ3n) is 4.21. The van der Waals surface area contributed by atoms with Crippen LogP contribution in [0.25, 0.3) is 0 Å². The van der Waals surface area contributed by atoms with E-state index in [0.717, 1.165) is 25.9 Å². The number of amides is 1. The minimum Gasteiger partial charge on any atom is -0.474 e. The van der Waals surface area contributed by atoms with Crippen molar-refractivity contribution < 1.29 is 14.6 Å². The van der Waals surface area contributed by atoms with Crippen LogP contribution in [0.5, 0.6) is 5.88 Å². The molecule has 1 atom stereocenters. The van der Waals surface area contributed by atoms with Crippen LogP contribution < -0.4 is 10.1 Å². The quantitative estimate of drug-likeness (QED) is 0.859. The van der Waals surface area contributed by atoms with E-state index in [-0.39, 0.29) is 6.10 Å². The van der Waals surface area contributed by atoms with E-state index in [2.05, 4.69) is 27.2 Å². The molecule has 7 nitrogen and oxygen atoms in total. The van der Waals surface area contributed by atoms with Crippen molar-refractivity contribution >= 4 is 11.6 Å². The van der Waals surface area contributed by atoms with E-state index in [1.807, 2.05) is 0 Å². The number of aliphatic hydroxyl groups is 1. The molecule has 7 heteroatoms. The third kappa shape index (κ3) is 4.74. The lowest BCUT2D eigenvalue weighted by Gasteiger charge is -2.28. The number of piperidine rings is 1. The van der Waals surface area contributed by atoms with E-state index in [1.165, 1.54) is 12.4 Å². The maximum atomic E-state index is 12.1. The monoisotopic (exact) mass is 342 g/mol. The predicted molar refractivity (Wildman–Crippen MR) is 93.2 cm³/mol. The van der Waals surface area contributed by atoms with Crippen molar-refractivity contribution in [2.24, 2.45) is 0 Å². The fraction of sp³-hybridized carbons (Fsp3) is 0.389. The first kappa shape index (κ1) is 17.3. The maximum absolute atomic E-state index is 12.1. The summed E-state index contributed by atoms with van der Waals surface area (Å²) in [4.78, 5) is 22.5. The molecular weight excluding hydrogens is 320 g/mol. The highest BCUT2D eigenvalue weighted by Gasteiger charge is 2.19. The normalized spacial score (nSPS) is 17.0. The molecule has 25 heavy (non-hydrogen) atoms. The zero-order chi connectivity index (χ0) is 17.6. The molecule has 132 valence electrons. The van der Waals surface area contributed by atoms with Gasteiger partial charge in [0.2, 0.25) is 5.88 Å². The molecule has 0 bridgehead atoms. The summed E-state index contributed by atoms with van der Waals surface area (Å²) in [5.74, 6) is 0.0131. The van der Waals surface area contributed by atoms with Crippen molar-refractivity contribution in [1.29, 1.82) is 0 Å². The number of pyridine rings is 2. The topological polar surface area (TPSA) is 87.6 Å². The second-order valence-electron chi connectivity index (χ2n) is 6.18. The van der Waals surface area contributed by atoms with Gasteiger partial charge in [-0.3, -0.25) is 9.78 Å². The molecule has 0 radical (unpaired) electrons. The highest BCUT2D eigenvalue weighted by Crippen LogP contribution is 2.19. The molecule has 1 aliphatic rings. The largest absolute Gasteiger partial charge is 0.474 e. The van der Waals surface area contributed by atoms with Crippen LogP contribution >= 0.6 is 0 Å². The van der Waals surface area contributed by atoms with Crippen LogP contribution in [-0.2, 0) is 4.79 Å². The number of nitrogens with one attached hydrogen (secondary N) is 1. The number of aromatic nitrogens is 2. The van der Waals surface area contributed by atoms with Crippen molar-refractivity contribution in [3.05, 3.63) is 48.4 Å². The Labute approximate surface area is 146 Å². The smallest absolute Gasteiger partial charge is 0.257 e. The molecule has 1 amide bonds. The Morgan fingerprint density at radius 2 is 2.12 bits per heavy atom. The van der Waals surface area contributed by atoms with Crippen LogP contribution in [-0.4, -0.2) is 52.1 Å². The Hall–Kier alpha value is -2.51. The average molecular weight is 342 g/mol. The molecule has 1 unspecified atom stereocenters. The number of likely N-dealkylation sites (tertiary alicyclic amines) is 1. The third-order valence-corrected chi connectivity index (χ3v) is 4.21. The second kappa shape index (κ2) is 8.04. The van der Waals surface area contributed by atoms with Crippen LogP contribution in [0.1, 0.15) is 24.5 Å². The van der Waals surface area contributed by atoms with E-state index in [0.29, 0.717) is 17.1 Å². The van der Waals surface area contributed by atoms with E-state index in [1.54, 1.807) is 30.5 Å². The van der Waals surface area contributed by atoms with Crippen LogP contribution in [0.3, 0.4) is 0 Å². The van der Waals surface area contributed by atoms with Crippen molar-refractivity contribution in [1.82, 2.24) is 14.9 Å². The number of nitrogens with zero attached hydrogens (tertiary/aromatic N) is 3. The summed E-state index contributed by atoms with van der Waals surface area (Å²) >= 11 is 0. The number of ether oxygens (including phenoxy) is 1. The highest BCUT2D eigenvalue weighted by molar-refractivity contribution is 5.94. The van der Waals surface area contributed by atoms with Crippen molar-refractivity contribution in [3.63, 3.8) is 0 Å². The molecule has 2 N–H and O–H groups in total. The molecule has 3 heterocycles. The highest BCUT2D eigenvalue weighted by atomic mass is 16.5. The summed E-state index contributed by atoms with van der Waals surface area (Å²) in [6.07, 6.45) is 5.43. The van der Waals surface area contributed by atoms with Crippen LogP contribution in [0.15, 0.2) is 42.9 Å². The van der Waals surface area contributed by atoms with E-state index in [9.17, 15) is 9.90 Å². The second-order valence-corrected chi connectivity index (χ2v) is 6.18. The Morgan fingerprint density at radius 3 is 2.76 bits per heavy atom. The first-order valence-corrected chi connectivity index (χ1v) is 8.32. The molecule has 1 fully saturated rings. The fourth-order valence-corrected chi connectivity index (χ4v) is 2.70. The first-order valence-electron chi connectivity index (χ1n) is 8.32. The predicted octanol–water partition coefficient (Wildman–Crippen LogP) is 1.62. The Kier molecular flexibility index (Phi) is 5.57. The molecule has 0 saturated carbocycles. The number of hydrogen-bond acceptors (Lipinski definition) is 6. The maximum Gasteiger partial charge on any atom is 0.257 e. The molecule has 1 aliphatic heterocycles. The summed E-state index contributed by atoms with van der Waals surface area (Å²) in [5.41, 5.74) is 0.943. The van der Waals surface area contributed by atoms with E-state index < -0.39 is 12.0 Å². The minimum atomic E-state index is -1.27. The molecule has 0 aliphatic carbocycles. The summed E-state index contributed by atoms with van der Waals surface area (Å²) in [5, 5.41) is 12.7. The van der Waals surface area contributed by atoms with Gasteiger partial charge < -0.3 is 20.1 Å². The van der Waals surface area contributed by atoms with Gasteiger partial charge in [0.1, 0.15) is 6.10 Å². The van der Waals surface area contributed by atoms with Crippen LogP contribution in [0.4, 0.5) is 5.69 Å². The standard InChI is InChI=1S/C18H22N4O3/c1-22-9-6-15(7-10-22)25-16-5-4-14(12-20-16)21-18(24)17(23)13-3-2-8-19-11-13/h2-5,8,11-12,15,17,23H,6-7,9-10H2,1H3,(H,21,24). The molecule has 1 saturated heterocycles. The average Bonchev–Trinajstić information content (AvgIpc) is 2.65. The van der Waals surface area contributed by atoms with Crippen molar-refractivity contribution in [2.75, 3.05) is 25.5 Å². The van der Waals surface area contributed by atoms with Gasteiger partial charge in [0.15, 0.2) is 6.10 Å². The van der Waals surface area contributed by atoms with Crippen LogP contribution in [0, 0.1) is 0 Å². The first-order chi connectivity index (χ1) is 12.1. The Balaban J connectivity index is 1.54. The number of anilines is 1. The molecule has 2 aromatic heterocycles. The summed E-state index contributed by atoms with van der Waals surface area (Å²) < 4.78 is 5.87. The van der Waals surface area contributed by atoms with Crippen molar-refractivity contribution in [3.8, 4) is 5.88 Å². The lowest BCUT2D eigenvalue weighted by molar-refractivity contribution is -0.124. The minimum absolute atomic E-state index is 0.177. The van der Waals surface area contributed by atoms with Gasteiger partial charge in [-0.15, -0.1) is 0 Å². The molecule has 3 rings (SSSR count). The van der Waals surface area contributed by atoms with Gasteiger partial charge in [0, 0.05) is 37.1 Å². The zero-order valence-corrected chi connectivity index (χ0v) is 14.1. The van der Waals surface area contributed by atoms with Gasteiger partial charge in [0.05, 0.1) is 11.9 Å². The molecule has 0 spiro atoms. The molecule has 2 aromatic rings. The number of rotatable bonds is 5.